The van der Waals surface area contributed by atoms with Gasteiger partial charge in [-0.2, -0.15) is 0 Å². The molecule has 0 radical (unpaired) electrons. The molecule has 25 heavy (non-hydrogen) atoms. The summed E-state index contributed by atoms with van der Waals surface area (Å²) in [5.74, 6) is 0.355. The van der Waals surface area contributed by atoms with E-state index in [1.54, 1.807) is 31.1 Å². The number of rotatable bonds is 5. The maximum atomic E-state index is 12.4. The van der Waals surface area contributed by atoms with Gasteiger partial charge in [-0.25, -0.2) is 4.98 Å². The van der Waals surface area contributed by atoms with Gasteiger partial charge in [-0.05, 0) is 42.2 Å². The molecule has 3 aromatic rings. The first-order chi connectivity index (χ1) is 12.2. The summed E-state index contributed by atoms with van der Waals surface area (Å²) < 4.78 is 5.37. The van der Waals surface area contributed by atoms with E-state index in [1.165, 1.54) is 4.90 Å². The van der Waals surface area contributed by atoms with Crippen LogP contribution in [0.3, 0.4) is 0 Å². The molecule has 0 aliphatic rings. The summed E-state index contributed by atoms with van der Waals surface area (Å²) in [5, 5.41) is 3.63. The van der Waals surface area contributed by atoms with Gasteiger partial charge in [0.2, 0.25) is 0 Å². The summed E-state index contributed by atoms with van der Waals surface area (Å²) in [5.41, 5.74) is 2.06. The smallest absolute Gasteiger partial charge is 0.273 e. The zero-order valence-electron chi connectivity index (χ0n) is 14.0. The van der Waals surface area contributed by atoms with E-state index in [-0.39, 0.29) is 5.91 Å². The first kappa shape index (κ1) is 17.0. The second kappa shape index (κ2) is 7.85. The van der Waals surface area contributed by atoms with Crippen LogP contribution in [0.15, 0.2) is 65.7 Å². The minimum atomic E-state index is -0.277. The zero-order chi connectivity index (χ0) is 17.6. The summed E-state index contributed by atoms with van der Waals surface area (Å²) in [6.07, 6.45) is 5.51. The van der Waals surface area contributed by atoms with Gasteiger partial charge in [0.1, 0.15) is 11.4 Å². The van der Waals surface area contributed by atoms with E-state index in [9.17, 15) is 4.79 Å². The van der Waals surface area contributed by atoms with Gasteiger partial charge < -0.3 is 10.1 Å². The molecule has 0 atom stereocenters. The number of carbonyl (C=O) groups is 1. The molecule has 1 N–H and O–H groups in total. The third kappa shape index (κ3) is 4.00. The van der Waals surface area contributed by atoms with Crippen molar-refractivity contribution in [1.82, 2.24) is 10.3 Å². The Morgan fingerprint density at radius 3 is 2.64 bits per heavy atom. The average molecular weight is 350 g/mol. The maximum absolute atomic E-state index is 12.4. The van der Waals surface area contributed by atoms with E-state index in [1.807, 2.05) is 60.9 Å². The molecular weight excluding hydrogens is 332 g/mol. The van der Waals surface area contributed by atoms with E-state index in [2.05, 4.69) is 10.3 Å². The average Bonchev–Trinajstić information content (AvgIpc) is 2.67. The van der Waals surface area contributed by atoms with Crippen LogP contribution in [0.25, 0.3) is 17.0 Å². The highest BCUT2D eigenvalue weighted by molar-refractivity contribution is 7.98. The molecule has 0 unspecified atom stereocenters. The number of nitrogens with zero attached hydrogens (tertiary/aromatic N) is 1. The molecule has 126 valence electrons. The van der Waals surface area contributed by atoms with Crippen LogP contribution < -0.4 is 10.1 Å². The molecule has 0 aliphatic carbocycles. The van der Waals surface area contributed by atoms with Crippen molar-refractivity contribution < 1.29 is 9.53 Å². The standard InChI is InChI=1S/C20H18N2O2S/c1-24-19-13-18(22-17-6-4-3-5-16(17)19)20(23)21-12-11-14-7-9-15(25-2)10-8-14/h3-13H,1-2H3,(H,21,23)/b12-11+. The van der Waals surface area contributed by atoms with E-state index in [4.69, 9.17) is 4.74 Å². The van der Waals surface area contributed by atoms with Crippen molar-refractivity contribution in [2.24, 2.45) is 0 Å². The Bertz CT molecular complexity index is 921. The fraction of sp³-hybridized carbons (Fsp3) is 0.100. The van der Waals surface area contributed by atoms with Crippen LogP contribution in [0.5, 0.6) is 5.75 Å². The quantitative estimate of drug-likeness (QED) is 0.695. The molecule has 2 aromatic carbocycles. The van der Waals surface area contributed by atoms with Crippen LogP contribution in [-0.4, -0.2) is 24.3 Å². The molecule has 3 rings (SSSR count). The minimum absolute atomic E-state index is 0.277. The number of pyridine rings is 1. The molecular formula is C20H18N2O2S. The summed E-state index contributed by atoms with van der Waals surface area (Å²) in [6.45, 7) is 0. The molecule has 0 bridgehead atoms. The minimum Gasteiger partial charge on any atom is -0.496 e. The highest BCUT2D eigenvalue weighted by Gasteiger charge is 2.11. The predicted molar refractivity (Wildman–Crippen MR) is 103 cm³/mol. The highest BCUT2D eigenvalue weighted by Crippen LogP contribution is 2.24. The van der Waals surface area contributed by atoms with Gasteiger partial charge in [0.15, 0.2) is 0 Å². The molecule has 0 aliphatic heterocycles. The van der Waals surface area contributed by atoms with Crippen LogP contribution in [0.2, 0.25) is 0 Å². The lowest BCUT2D eigenvalue weighted by Crippen LogP contribution is -2.18. The Kier molecular flexibility index (Phi) is 5.36. The largest absolute Gasteiger partial charge is 0.496 e. The molecule has 0 saturated carbocycles. The molecule has 0 fully saturated rings. The molecule has 0 spiro atoms. The maximum Gasteiger partial charge on any atom is 0.273 e. The number of amides is 1. The normalized spacial score (nSPS) is 11.0. The Morgan fingerprint density at radius 2 is 1.92 bits per heavy atom. The van der Waals surface area contributed by atoms with Crippen LogP contribution in [0.1, 0.15) is 16.1 Å². The number of hydrogen-bond donors (Lipinski definition) is 1. The molecule has 1 aromatic heterocycles. The second-order valence-corrected chi connectivity index (χ2v) is 6.19. The Balaban J connectivity index is 1.76. The van der Waals surface area contributed by atoms with Crippen LogP contribution >= 0.6 is 11.8 Å². The summed E-state index contributed by atoms with van der Waals surface area (Å²) in [4.78, 5) is 18.0. The first-order valence-corrected chi connectivity index (χ1v) is 8.99. The Labute approximate surface area is 150 Å². The van der Waals surface area contributed by atoms with Gasteiger partial charge in [0.25, 0.3) is 5.91 Å². The lowest BCUT2D eigenvalue weighted by molar-refractivity contribution is 0.0965. The highest BCUT2D eigenvalue weighted by atomic mass is 32.2. The predicted octanol–water partition coefficient (Wildman–Crippen LogP) is 4.37. The first-order valence-electron chi connectivity index (χ1n) is 7.76. The molecule has 1 heterocycles. The number of benzene rings is 2. The van der Waals surface area contributed by atoms with Crippen LogP contribution in [-0.2, 0) is 0 Å². The number of fused-ring (bicyclic) bond motifs is 1. The van der Waals surface area contributed by atoms with E-state index >= 15 is 0 Å². The van der Waals surface area contributed by atoms with E-state index in [0.717, 1.165) is 16.5 Å². The number of hydrogen-bond acceptors (Lipinski definition) is 4. The molecule has 1 amide bonds. The van der Waals surface area contributed by atoms with Gasteiger partial charge in [-0.15, -0.1) is 11.8 Å². The monoisotopic (exact) mass is 350 g/mol. The fourth-order valence-corrected chi connectivity index (χ4v) is 2.84. The third-order valence-corrected chi connectivity index (χ3v) is 4.48. The van der Waals surface area contributed by atoms with Gasteiger partial charge >= 0.3 is 0 Å². The van der Waals surface area contributed by atoms with Crippen LogP contribution in [0.4, 0.5) is 0 Å². The SMILES string of the molecule is COc1cc(C(=O)N/C=C/c2ccc(SC)cc2)nc2ccccc12. The lowest BCUT2D eigenvalue weighted by Gasteiger charge is -2.07. The van der Waals surface area contributed by atoms with E-state index in [0.29, 0.717) is 11.4 Å². The Hall–Kier alpha value is -2.79. The van der Waals surface area contributed by atoms with Crippen molar-refractivity contribution in [3.8, 4) is 5.75 Å². The molecule has 0 saturated heterocycles. The topological polar surface area (TPSA) is 51.2 Å². The number of aromatic nitrogens is 1. The number of ether oxygens (including phenoxy) is 1. The third-order valence-electron chi connectivity index (χ3n) is 3.74. The van der Waals surface area contributed by atoms with Gasteiger partial charge in [-0.3, -0.25) is 4.79 Å². The van der Waals surface area contributed by atoms with Crippen LogP contribution in [0, 0.1) is 0 Å². The van der Waals surface area contributed by atoms with Crippen molar-refractivity contribution in [3.63, 3.8) is 0 Å². The number of thioether (sulfide) groups is 1. The molecule has 4 nitrogen and oxygen atoms in total. The van der Waals surface area contributed by atoms with Crippen molar-refractivity contribution in [2.75, 3.05) is 13.4 Å². The van der Waals surface area contributed by atoms with Gasteiger partial charge in [0, 0.05) is 22.5 Å². The molecule has 5 heteroatoms. The van der Waals surface area contributed by atoms with Crippen molar-refractivity contribution in [1.29, 1.82) is 0 Å². The zero-order valence-corrected chi connectivity index (χ0v) is 14.8. The second-order valence-electron chi connectivity index (χ2n) is 5.31. The lowest BCUT2D eigenvalue weighted by atomic mass is 10.1. The number of carbonyl (C=O) groups excluding carboxylic acids is 1. The fourth-order valence-electron chi connectivity index (χ4n) is 2.43. The van der Waals surface area contributed by atoms with Gasteiger partial charge in [-0.1, -0.05) is 24.3 Å². The Morgan fingerprint density at radius 1 is 1.16 bits per heavy atom. The van der Waals surface area contributed by atoms with Crippen molar-refractivity contribution in [2.45, 2.75) is 4.90 Å². The number of nitrogens with one attached hydrogen (secondary N) is 1. The van der Waals surface area contributed by atoms with E-state index < -0.39 is 0 Å². The summed E-state index contributed by atoms with van der Waals surface area (Å²) in [6, 6.07) is 17.3. The summed E-state index contributed by atoms with van der Waals surface area (Å²) >= 11 is 1.69. The van der Waals surface area contributed by atoms with Crippen molar-refractivity contribution >= 4 is 34.6 Å². The summed E-state index contributed by atoms with van der Waals surface area (Å²) in [7, 11) is 1.58. The number of para-hydroxylation sites is 1. The van der Waals surface area contributed by atoms with Gasteiger partial charge in [0.05, 0.1) is 12.6 Å². The number of methoxy groups -OCH3 is 1. The van der Waals surface area contributed by atoms with Crippen molar-refractivity contribution in [3.05, 3.63) is 72.1 Å².